The second kappa shape index (κ2) is 6.58. The highest BCUT2D eigenvalue weighted by Crippen LogP contribution is 2.16. The van der Waals surface area contributed by atoms with Crippen molar-refractivity contribution >= 4 is 12.0 Å². The van der Waals surface area contributed by atoms with Gasteiger partial charge in [0.2, 0.25) is 0 Å². The van der Waals surface area contributed by atoms with Crippen LogP contribution in [0.3, 0.4) is 0 Å². The zero-order chi connectivity index (χ0) is 13.7. The summed E-state index contributed by atoms with van der Waals surface area (Å²) in [5.41, 5.74) is 0. The molecule has 0 aromatic rings. The average Bonchev–Trinajstić information content (AvgIpc) is 2.49. The van der Waals surface area contributed by atoms with E-state index in [0.717, 1.165) is 19.3 Å². The van der Waals surface area contributed by atoms with Crippen molar-refractivity contribution in [1.82, 2.24) is 10.2 Å². The molecule has 6 heteroatoms. The number of hydrogen-bond donors (Lipinski definition) is 3. The molecule has 1 aliphatic heterocycles. The van der Waals surface area contributed by atoms with E-state index in [1.165, 1.54) is 6.92 Å². The van der Waals surface area contributed by atoms with Crippen molar-refractivity contribution in [3.8, 4) is 0 Å². The van der Waals surface area contributed by atoms with Gasteiger partial charge in [0.1, 0.15) is 0 Å². The third-order valence-electron chi connectivity index (χ3n) is 3.33. The quantitative estimate of drug-likeness (QED) is 0.693. The molecule has 0 bridgehead atoms. The topological polar surface area (TPSA) is 89.9 Å². The standard InChI is InChI=1S/C12H22N2O4/c1-8-4-3-6-14(7-5-8)12(18)13-10(9(2)15)11(16)17/h8-10,15H,3-7H2,1-2H3,(H,13,18)(H,16,17)/t8?,9-,10+/m1/s1. The number of nitrogens with zero attached hydrogens (tertiary/aromatic N) is 1. The number of carbonyl (C=O) groups excluding carboxylic acids is 1. The van der Waals surface area contributed by atoms with Gasteiger partial charge in [-0.25, -0.2) is 9.59 Å². The Bertz CT molecular complexity index is 306. The third-order valence-corrected chi connectivity index (χ3v) is 3.33. The minimum Gasteiger partial charge on any atom is -0.480 e. The van der Waals surface area contributed by atoms with Crippen LogP contribution in [0.2, 0.25) is 0 Å². The van der Waals surface area contributed by atoms with Crippen molar-refractivity contribution in [3.63, 3.8) is 0 Å². The van der Waals surface area contributed by atoms with E-state index < -0.39 is 24.1 Å². The molecule has 1 rings (SSSR count). The van der Waals surface area contributed by atoms with Gasteiger partial charge in [-0.2, -0.15) is 0 Å². The molecule has 18 heavy (non-hydrogen) atoms. The van der Waals surface area contributed by atoms with Gasteiger partial charge in [-0.1, -0.05) is 6.92 Å². The first-order valence-electron chi connectivity index (χ1n) is 6.38. The molecule has 1 heterocycles. The number of aliphatic hydroxyl groups excluding tert-OH is 1. The highest BCUT2D eigenvalue weighted by atomic mass is 16.4. The second-order valence-corrected chi connectivity index (χ2v) is 5.03. The van der Waals surface area contributed by atoms with Crippen LogP contribution in [0.25, 0.3) is 0 Å². The Labute approximate surface area is 107 Å². The van der Waals surface area contributed by atoms with Gasteiger partial charge in [-0.15, -0.1) is 0 Å². The first kappa shape index (κ1) is 14.8. The lowest BCUT2D eigenvalue weighted by molar-refractivity contribution is -0.141. The van der Waals surface area contributed by atoms with E-state index in [2.05, 4.69) is 12.2 Å². The summed E-state index contributed by atoms with van der Waals surface area (Å²) in [4.78, 5) is 24.4. The summed E-state index contributed by atoms with van der Waals surface area (Å²) in [6, 6.07) is -1.66. The molecule has 2 amide bonds. The average molecular weight is 258 g/mol. The van der Waals surface area contributed by atoms with Crippen molar-refractivity contribution in [1.29, 1.82) is 0 Å². The summed E-state index contributed by atoms with van der Waals surface area (Å²) in [5.74, 6) is -0.628. The van der Waals surface area contributed by atoms with Crippen LogP contribution < -0.4 is 5.32 Å². The van der Waals surface area contributed by atoms with Crippen LogP contribution in [-0.4, -0.2) is 52.3 Å². The number of aliphatic carboxylic acids is 1. The van der Waals surface area contributed by atoms with Crippen LogP contribution >= 0.6 is 0 Å². The molecule has 1 unspecified atom stereocenters. The normalized spacial score (nSPS) is 23.9. The van der Waals surface area contributed by atoms with E-state index in [-0.39, 0.29) is 0 Å². The van der Waals surface area contributed by atoms with Gasteiger partial charge in [0, 0.05) is 13.1 Å². The molecule has 0 spiro atoms. The van der Waals surface area contributed by atoms with Crippen LogP contribution in [0.15, 0.2) is 0 Å². The molecule has 0 aromatic heterocycles. The minimum atomic E-state index is -1.25. The van der Waals surface area contributed by atoms with Crippen molar-refractivity contribution in [2.24, 2.45) is 5.92 Å². The smallest absolute Gasteiger partial charge is 0.328 e. The molecule has 1 fully saturated rings. The highest BCUT2D eigenvalue weighted by molar-refractivity contribution is 5.83. The molecule has 1 aliphatic rings. The summed E-state index contributed by atoms with van der Waals surface area (Å²) in [6.45, 7) is 4.78. The van der Waals surface area contributed by atoms with Gasteiger partial charge in [0.15, 0.2) is 6.04 Å². The number of aliphatic hydroxyl groups is 1. The van der Waals surface area contributed by atoms with Crippen LogP contribution in [0, 0.1) is 5.92 Å². The maximum Gasteiger partial charge on any atom is 0.328 e. The molecule has 0 aliphatic carbocycles. The molecule has 0 radical (unpaired) electrons. The maximum atomic E-state index is 11.9. The molecule has 6 nitrogen and oxygen atoms in total. The second-order valence-electron chi connectivity index (χ2n) is 5.03. The Balaban J connectivity index is 2.55. The molecular weight excluding hydrogens is 236 g/mol. The minimum absolute atomic E-state index is 0.405. The predicted octanol–water partition coefficient (Wildman–Crippen LogP) is 0.652. The Hall–Kier alpha value is -1.30. The van der Waals surface area contributed by atoms with Crippen LogP contribution in [0.4, 0.5) is 4.79 Å². The fraction of sp³-hybridized carbons (Fsp3) is 0.833. The van der Waals surface area contributed by atoms with E-state index in [4.69, 9.17) is 5.11 Å². The van der Waals surface area contributed by atoms with E-state index >= 15 is 0 Å². The number of hydrogen-bond acceptors (Lipinski definition) is 3. The lowest BCUT2D eigenvalue weighted by atomic mass is 10.0. The van der Waals surface area contributed by atoms with Crippen molar-refractivity contribution in [2.75, 3.05) is 13.1 Å². The zero-order valence-electron chi connectivity index (χ0n) is 10.9. The Morgan fingerprint density at radius 3 is 2.56 bits per heavy atom. The van der Waals surface area contributed by atoms with Gasteiger partial charge in [0.25, 0.3) is 0 Å². The Morgan fingerprint density at radius 2 is 2.00 bits per heavy atom. The number of urea groups is 1. The summed E-state index contributed by atoms with van der Waals surface area (Å²) >= 11 is 0. The van der Waals surface area contributed by atoms with Crippen molar-refractivity contribution in [3.05, 3.63) is 0 Å². The van der Waals surface area contributed by atoms with Gasteiger partial charge >= 0.3 is 12.0 Å². The molecule has 0 aromatic carbocycles. The number of rotatable bonds is 3. The van der Waals surface area contributed by atoms with Crippen LogP contribution in [0.1, 0.15) is 33.1 Å². The first-order valence-corrected chi connectivity index (χ1v) is 6.38. The lowest BCUT2D eigenvalue weighted by Gasteiger charge is -2.24. The predicted molar refractivity (Wildman–Crippen MR) is 66.2 cm³/mol. The number of nitrogens with one attached hydrogen (secondary N) is 1. The number of likely N-dealkylation sites (tertiary alicyclic amines) is 1. The molecule has 104 valence electrons. The molecular formula is C12H22N2O4. The molecule has 3 N–H and O–H groups in total. The van der Waals surface area contributed by atoms with E-state index in [0.29, 0.717) is 19.0 Å². The van der Waals surface area contributed by atoms with Gasteiger partial charge in [0.05, 0.1) is 6.10 Å². The zero-order valence-corrected chi connectivity index (χ0v) is 10.9. The summed E-state index contributed by atoms with van der Waals surface area (Å²) in [7, 11) is 0. The SMILES string of the molecule is CC1CCCN(C(=O)N[C@H](C(=O)O)[C@@H](C)O)CC1. The summed E-state index contributed by atoms with van der Waals surface area (Å²) < 4.78 is 0. The summed E-state index contributed by atoms with van der Waals surface area (Å²) in [5, 5.41) is 20.6. The molecule has 3 atom stereocenters. The van der Waals surface area contributed by atoms with E-state index in [9.17, 15) is 14.7 Å². The number of carbonyl (C=O) groups is 2. The van der Waals surface area contributed by atoms with E-state index in [1.54, 1.807) is 4.90 Å². The Kier molecular flexibility index (Phi) is 5.40. The van der Waals surface area contributed by atoms with Gasteiger partial charge in [-0.3, -0.25) is 0 Å². The largest absolute Gasteiger partial charge is 0.480 e. The summed E-state index contributed by atoms with van der Waals surface area (Å²) in [6.07, 6.45) is 1.83. The maximum absolute atomic E-state index is 11.9. The van der Waals surface area contributed by atoms with Gasteiger partial charge in [-0.05, 0) is 32.1 Å². The van der Waals surface area contributed by atoms with E-state index in [1.807, 2.05) is 0 Å². The number of carboxylic acid groups (broad SMARTS) is 1. The lowest BCUT2D eigenvalue weighted by Crippen LogP contribution is -2.52. The van der Waals surface area contributed by atoms with Gasteiger partial charge < -0.3 is 20.4 Å². The van der Waals surface area contributed by atoms with Crippen molar-refractivity contribution < 1.29 is 19.8 Å². The van der Waals surface area contributed by atoms with Crippen LogP contribution in [0.5, 0.6) is 0 Å². The van der Waals surface area contributed by atoms with Crippen molar-refractivity contribution in [2.45, 2.75) is 45.3 Å². The number of carboxylic acids is 1. The monoisotopic (exact) mass is 258 g/mol. The van der Waals surface area contributed by atoms with Crippen LogP contribution in [-0.2, 0) is 4.79 Å². The fourth-order valence-corrected chi connectivity index (χ4v) is 2.08. The number of amides is 2. The fourth-order valence-electron chi connectivity index (χ4n) is 2.08. The third kappa shape index (κ3) is 4.18. The molecule has 0 saturated carbocycles. The highest BCUT2D eigenvalue weighted by Gasteiger charge is 2.27. The Morgan fingerprint density at radius 1 is 1.33 bits per heavy atom. The first-order chi connectivity index (χ1) is 8.41. The molecule has 1 saturated heterocycles.